The van der Waals surface area contributed by atoms with Gasteiger partial charge in [0.25, 0.3) is 11.6 Å². The maximum absolute atomic E-state index is 12.6. The molecule has 0 aromatic carbocycles. The normalized spacial score (nSPS) is 15.5. The Morgan fingerprint density at radius 3 is 2.67 bits per heavy atom. The summed E-state index contributed by atoms with van der Waals surface area (Å²) in [6, 6.07) is 1.61. The lowest BCUT2D eigenvalue weighted by atomic mass is 9.94. The number of carbonyl (C=O) groups excluding carboxylic acids is 1. The predicted molar refractivity (Wildman–Crippen MR) is 79.4 cm³/mol. The lowest BCUT2D eigenvalue weighted by Crippen LogP contribution is -2.38. The van der Waals surface area contributed by atoms with Gasteiger partial charge in [0, 0.05) is 26.2 Å². The van der Waals surface area contributed by atoms with Crippen LogP contribution in [0, 0.1) is 10.1 Å². The SMILES string of the molecule is CNc1cc(C(=O)N(C)C2CCCCC2)c([N+](=O)[O-])cn1. The number of nitrogens with one attached hydrogen (secondary N) is 1. The molecule has 1 N–H and O–H groups in total. The second-order valence-corrected chi connectivity index (χ2v) is 5.30. The predicted octanol–water partition coefficient (Wildman–Crippen LogP) is 2.44. The third-order valence-electron chi connectivity index (χ3n) is 4.01. The van der Waals surface area contributed by atoms with E-state index in [1.807, 2.05) is 0 Å². The Balaban J connectivity index is 2.29. The fourth-order valence-electron chi connectivity index (χ4n) is 2.73. The van der Waals surface area contributed by atoms with Gasteiger partial charge in [0.1, 0.15) is 17.6 Å². The fourth-order valence-corrected chi connectivity index (χ4v) is 2.73. The average Bonchev–Trinajstić information content (AvgIpc) is 2.53. The smallest absolute Gasteiger partial charge is 0.300 e. The molecule has 1 fully saturated rings. The van der Waals surface area contributed by atoms with Crippen LogP contribution in [0.5, 0.6) is 0 Å². The van der Waals surface area contributed by atoms with Crippen LogP contribution >= 0.6 is 0 Å². The third-order valence-corrected chi connectivity index (χ3v) is 4.01. The Hall–Kier alpha value is -2.18. The van der Waals surface area contributed by atoms with E-state index in [0.717, 1.165) is 31.9 Å². The highest BCUT2D eigenvalue weighted by molar-refractivity contribution is 5.98. The molecule has 7 nitrogen and oxygen atoms in total. The van der Waals surface area contributed by atoms with E-state index in [4.69, 9.17) is 0 Å². The first-order valence-corrected chi connectivity index (χ1v) is 7.14. The minimum Gasteiger partial charge on any atom is -0.373 e. The first kappa shape index (κ1) is 15.2. The highest BCUT2D eigenvalue weighted by Crippen LogP contribution is 2.26. The summed E-state index contributed by atoms with van der Waals surface area (Å²) in [6.07, 6.45) is 6.44. The van der Waals surface area contributed by atoms with Gasteiger partial charge in [-0.05, 0) is 12.8 Å². The van der Waals surface area contributed by atoms with Crippen molar-refractivity contribution >= 4 is 17.4 Å². The molecule has 1 aliphatic rings. The molecule has 1 aromatic heterocycles. The Kier molecular flexibility index (Phi) is 4.72. The number of aromatic nitrogens is 1. The van der Waals surface area contributed by atoms with E-state index in [0.29, 0.717) is 5.82 Å². The average molecular weight is 292 g/mol. The van der Waals surface area contributed by atoms with E-state index in [1.165, 1.54) is 12.5 Å². The van der Waals surface area contributed by atoms with E-state index < -0.39 is 4.92 Å². The van der Waals surface area contributed by atoms with Gasteiger partial charge in [-0.1, -0.05) is 19.3 Å². The van der Waals surface area contributed by atoms with E-state index in [1.54, 1.807) is 19.0 Å². The lowest BCUT2D eigenvalue weighted by Gasteiger charge is -2.31. The molecule has 0 atom stereocenters. The summed E-state index contributed by atoms with van der Waals surface area (Å²) in [5, 5.41) is 13.9. The molecule has 0 bridgehead atoms. The molecule has 1 aliphatic carbocycles. The fraction of sp³-hybridized carbons (Fsp3) is 0.571. The van der Waals surface area contributed by atoms with Crippen LogP contribution in [0.25, 0.3) is 0 Å². The van der Waals surface area contributed by atoms with Crippen molar-refractivity contribution in [2.75, 3.05) is 19.4 Å². The van der Waals surface area contributed by atoms with Crippen LogP contribution in [-0.4, -0.2) is 40.9 Å². The summed E-state index contributed by atoms with van der Waals surface area (Å²) in [7, 11) is 3.38. The van der Waals surface area contributed by atoms with Crippen molar-refractivity contribution in [3.05, 3.63) is 27.9 Å². The molecule has 0 saturated heterocycles. The van der Waals surface area contributed by atoms with Crippen LogP contribution in [-0.2, 0) is 0 Å². The topological polar surface area (TPSA) is 88.4 Å². The van der Waals surface area contributed by atoms with Crippen LogP contribution in [0.2, 0.25) is 0 Å². The Labute approximate surface area is 123 Å². The molecule has 0 radical (unpaired) electrons. The molecule has 7 heteroatoms. The van der Waals surface area contributed by atoms with Crippen LogP contribution in [0.3, 0.4) is 0 Å². The highest BCUT2D eigenvalue weighted by Gasteiger charge is 2.28. The van der Waals surface area contributed by atoms with Gasteiger partial charge in [0.15, 0.2) is 0 Å². The number of rotatable bonds is 4. The first-order valence-electron chi connectivity index (χ1n) is 7.14. The zero-order valence-electron chi connectivity index (χ0n) is 12.3. The lowest BCUT2D eigenvalue weighted by molar-refractivity contribution is -0.385. The van der Waals surface area contributed by atoms with Gasteiger partial charge < -0.3 is 10.2 Å². The first-order chi connectivity index (χ1) is 10.0. The molecule has 0 spiro atoms. The number of nitro groups is 1. The van der Waals surface area contributed by atoms with Crippen molar-refractivity contribution in [3.63, 3.8) is 0 Å². The van der Waals surface area contributed by atoms with E-state index >= 15 is 0 Å². The molecule has 1 heterocycles. The number of amides is 1. The molecule has 0 unspecified atom stereocenters. The molecule has 1 aromatic rings. The number of hydrogen-bond acceptors (Lipinski definition) is 5. The van der Waals surface area contributed by atoms with Gasteiger partial charge in [-0.3, -0.25) is 14.9 Å². The second-order valence-electron chi connectivity index (χ2n) is 5.30. The second kappa shape index (κ2) is 6.51. The highest BCUT2D eigenvalue weighted by atomic mass is 16.6. The summed E-state index contributed by atoms with van der Waals surface area (Å²) >= 11 is 0. The van der Waals surface area contributed by atoms with E-state index in [-0.39, 0.29) is 23.2 Å². The number of pyridine rings is 1. The van der Waals surface area contributed by atoms with Gasteiger partial charge in [-0.25, -0.2) is 4.98 Å². The van der Waals surface area contributed by atoms with Crippen LogP contribution in [0.1, 0.15) is 42.5 Å². The van der Waals surface area contributed by atoms with Crippen molar-refractivity contribution < 1.29 is 9.72 Å². The van der Waals surface area contributed by atoms with Gasteiger partial charge in [-0.15, -0.1) is 0 Å². The maximum Gasteiger partial charge on any atom is 0.300 e. The molecule has 21 heavy (non-hydrogen) atoms. The van der Waals surface area contributed by atoms with Crippen molar-refractivity contribution in [2.45, 2.75) is 38.1 Å². The molecule has 2 rings (SSSR count). The standard InChI is InChI=1S/C14H20N4O3/c1-15-13-8-11(12(9-16-13)18(20)21)14(19)17(2)10-6-4-3-5-7-10/h8-10H,3-7H2,1-2H3,(H,15,16). The van der Waals surface area contributed by atoms with Crippen LogP contribution in [0.4, 0.5) is 11.5 Å². The molecule has 0 aliphatic heterocycles. The summed E-state index contributed by atoms with van der Waals surface area (Å²) < 4.78 is 0. The molecular formula is C14H20N4O3. The number of anilines is 1. The van der Waals surface area contributed by atoms with E-state index in [2.05, 4.69) is 10.3 Å². The minimum absolute atomic E-state index is 0.0902. The van der Waals surface area contributed by atoms with Gasteiger partial charge in [0.05, 0.1) is 4.92 Å². The molecule has 1 saturated carbocycles. The Bertz CT molecular complexity index is 541. The van der Waals surface area contributed by atoms with Gasteiger partial charge in [0.2, 0.25) is 0 Å². The van der Waals surface area contributed by atoms with Crippen LogP contribution in [0.15, 0.2) is 12.3 Å². The summed E-state index contributed by atoms with van der Waals surface area (Å²) in [6.45, 7) is 0. The number of nitrogens with zero attached hydrogens (tertiary/aromatic N) is 3. The summed E-state index contributed by atoms with van der Waals surface area (Å²) in [4.78, 5) is 28.7. The third kappa shape index (κ3) is 3.29. The van der Waals surface area contributed by atoms with Gasteiger partial charge >= 0.3 is 0 Å². The van der Waals surface area contributed by atoms with Crippen molar-refractivity contribution in [1.82, 2.24) is 9.88 Å². The maximum atomic E-state index is 12.6. The van der Waals surface area contributed by atoms with Gasteiger partial charge in [-0.2, -0.15) is 0 Å². The minimum atomic E-state index is -0.561. The van der Waals surface area contributed by atoms with Crippen molar-refractivity contribution in [1.29, 1.82) is 0 Å². The van der Waals surface area contributed by atoms with Crippen LogP contribution < -0.4 is 5.32 Å². The van der Waals surface area contributed by atoms with E-state index in [9.17, 15) is 14.9 Å². The molecular weight excluding hydrogens is 272 g/mol. The zero-order valence-corrected chi connectivity index (χ0v) is 12.3. The monoisotopic (exact) mass is 292 g/mol. The summed E-state index contributed by atoms with van der Waals surface area (Å²) in [5.74, 6) is 0.133. The Morgan fingerprint density at radius 2 is 2.10 bits per heavy atom. The zero-order chi connectivity index (χ0) is 15.4. The molecule has 1 amide bonds. The number of hydrogen-bond donors (Lipinski definition) is 1. The largest absolute Gasteiger partial charge is 0.373 e. The van der Waals surface area contributed by atoms with Crippen molar-refractivity contribution in [3.8, 4) is 0 Å². The summed E-state index contributed by atoms with van der Waals surface area (Å²) in [5.41, 5.74) is -0.158. The quantitative estimate of drug-likeness (QED) is 0.680. The number of carbonyl (C=O) groups is 1. The Morgan fingerprint density at radius 1 is 1.43 bits per heavy atom. The molecule has 114 valence electrons. The van der Waals surface area contributed by atoms with Crippen molar-refractivity contribution in [2.24, 2.45) is 0 Å².